The molecule has 0 radical (unpaired) electrons. The van der Waals surface area contributed by atoms with Crippen LogP contribution in [-0.2, 0) is 4.79 Å². The number of hydrogen-bond acceptors (Lipinski definition) is 3. The number of aromatic nitrogens is 1. The predicted octanol–water partition coefficient (Wildman–Crippen LogP) is 4.25. The Kier molecular flexibility index (Phi) is 3.58. The molecular weight excluding hydrogens is 308 g/mol. The number of carbonyl (C=O) groups excluding carboxylic acids is 2. The van der Waals surface area contributed by atoms with Gasteiger partial charge in [0, 0.05) is 28.9 Å². The fourth-order valence-corrected chi connectivity index (χ4v) is 3.78. The number of fused-ring (bicyclic) bond motifs is 1. The number of rotatable bonds is 2. The van der Waals surface area contributed by atoms with Gasteiger partial charge >= 0.3 is 0 Å². The first-order valence-electron chi connectivity index (χ1n) is 7.73. The largest absolute Gasteiger partial charge is 0.341 e. The molecule has 116 valence electrons. The minimum Gasteiger partial charge on any atom is -0.341 e. The maximum absolute atomic E-state index is 11.8. The number of nitrogens with zero attached hydrogens (tertiary/aromatic N) is 1. The standard InChI is InChI=1S/C18H16N2O2S/c21-17-15(19-18(22)23-17)11-12-5-4-8-16-14(12)9-10-20(16)13-6-2-1-3-7-13/h2,4-6,8-11,13H,1,3,7H2,(H,19,22). The van der Waals surface area contributed by atoms with Crippen molar-refractivity contribution in [2.45, 2.75) is 25.3 Å². The zero-order valence-corrected chi connectivity index (χ0v) is 13.3. The molecule has 23 heavy (non-hydrogen) atoms. The van der Waals surface area contributed by atoms with E-state index in [-0.39, 0.29) is 10.4 Å². The second-order valence-corrected chi connectivity index (χ2v) is 6.74. The van der Waals surface area contributed by atoms with Gasteiger partial charge in [-0.05, 0) is 43.0 Å². The summed E-state index contributed by atoms with van der Waals surface area (Å²) in [5.74, 6) is 0. The van der Waals surface area contributed by atoms with Crippen LogP contribution in [0.1, 0.15) is 30.9 Å². The van der Waals surface area contributed by atoms with Crippen molar-refractivity contribution in [2.24, 2.45) is 0 Å². The van der Waals surface area contributed by atoms with Crippen LogP contribution in [-0.4, -0.2) is 14.9 Å². The van der Waals surface area contributed by atoms with Crippen LogP contribution in [0.5, 0.6) is 0 Å². The van der Waals surface area contributed by atoms with Crippen LogP contribution < -0.4 is 5.32 Å². The maximum Gasteiger partial charge on any atom is 0.291 e. The Balaban J connectivity index is 1.77. The molecule has 0 saturated carbocycles. The normalized spacial score (nSPS) is 23.0. The number of thioether (sulfide) groups is 1. The summed E-state index contributed by atoms with van der Waals surface area (Å²) >= 11 is 0.710. The summed E-state index contributed by atoms with van der Waals surface area (Å²) < 4.78 is 2.29. The molecule has 0 spiro atoms. The molecule has 2 heterocycles. The molecule has 1 aromatic heterocycles. The van der Waals surface area contributed by atoms with E-state index in [1.54, 1.807) is 6.08 Å². The van der Waals surface area contributed by atoms with Crippen LogP contribution in [0, 0.1) is 0 Å². The molecule has 1 amide bonds. The van der Waals surface area contributed by atoms with Gasteiger partial charge in [-0.2, -0.15) is 0 Å². The average molecular weight is 324 g/mol. The van der Waals surface area contributed by atoms with E-state index in [1.165, 1.54) is 6.42 Å². The second kappa shape index (κ2) is 5.74. The topological polar surface area (TPSA) is 51.1 Å². The van der Waals surface area contributed by atoms with Gasteiger partial charge in [-0.15, -0.1) is 0 Å². The predicted molar refractivity (Wildman–Crippen MR) is 93.1 cm³/mol. The minimum absolute atomic E-state index is 0.221. The quantitative estimate of drug-likeness (QED) is 0.664. The van der Waals surface area contributed by atoms with Crippen molar-refractivity contribution in [3.8, 4) is 0 Å². The molecule has 4 nitrogen and oxygen atoms in total. The molecule has 0 bridgehead atoms. The van der Waals surface area contributed by atoms with Crippen molar-refractivity contribution in [3.05, 3.63) is 53.9 Å². The van der Waals surface area contributed by atoms with Gasteiger partial charge in [0.2, 0.25) is 5.12 Å². The third kappa shape index (κ3) is 2.61. The van der Waals surface area contributed by atoms with Gasteiger partial charge in [0.1, 0.15) is 0 Å². The van der Waals surface area contributed by atoms with Crippen LogP contribution in [0.15, 0.2) is 48.3 Å². The van der Waals surface area contributed by atoms with Crippen molar-refractivity contribution in [3.63, 3.8) is 0 Å². The fourth-order valence-electron chi connectivity index (χ4n) is 3.23. The molecule has 2 aromatic rings. The van der Waals surface area contributed by atoms with E-state index in [0.717, 1.165) is 29.3 Å². The molecule has 1 N–H and O–H groups in total. The summed E-state index contributed by atoms with van der Waals surface area (Å²) in [5.41, 5.74) is 2.46. The van der Waals surface area contributed by atoms with Crippen LogP contribution in [0.4, 0.5) is 4.79 Å². The summed E-state index contributed by atoms with van der Waals surface area (Å²) in [6.45, 7) is 0. The second-order valence-electron chi connectivity index (χ2n) is 5.79. The van der Waals surface area contributed by atoms with E-state index in [0.29, 0.717) is 23.5 Å². The van der Waals surface area contributed by atoms with Crippen molar-refractivity contribution < 1.29 is 9.59 Å². The van der Waals surface area contributed by atoms with E-state index < -0.39 is 0 Å². The van der Waals surface area contributed by atoms with Crippen LogP contribution in [0.3, 0.4) is 0 Å². The van der Waals surface area contributed by atoms with Crippen LogP contribution >= 0.6 is 11.8 Å². The van der Waals surface area contributed by atoms with E-state index in [9.17, 15) is 9.59 Å². The van der Waals surface area contributed by atoms with Crippen molar-refractivity contribution in [1.82, 2.24) is 9.88 Å². The molecule has 1 aromatic carbocycles. The van der Waals surface area contributed by atoms with Gasteiger partial charge in [0.15, 0.2) is 0 Å². The highest BCUT2D eigenvalue weighted by atomic mass is 32.2. The highest BCUT2D eigenvalue weighted by Gasteiger charge is 2.25. The van der Waals surface area contributed by atoms with Crippen molar-refractivity contribution in [2.75, 3.05) is 0 Å². The summed E-state index contributed by atoms with van der Waals surface area (Å²) in [5, 5.41) is 3.17. The van der Waals surface area contributed by atoms with E-state index >= 15 is 0 Å². The van der Waals surface area contributed by atoms with Gasteiger partial charge in [0.05, 0.1) is 11.7 Å². The molecule has 1 aliphatic carbocycles. The zero-order valence-electron chi connectivity index (χ0n) is 12.5. The first kappa shape index (κ1) is 14.3. The van der Waals surface area contributed by atoms with Gasteiger partial charge in [0.25, 0.3) is 5.24 Å². The van der Waals surface area contributed by atoms with Gasteiger partial charge in [-0.3, -0.25) is 9.59 Å². The lowest BCUT2D eigenvalue weighted by Crippen LogP contribution is -2.10. The zero-order chi connectivity index (χ0) is 15.8. The number of nitrogens with one attached hydrogen (secondary N) is 1. The average Bonchev–Trinajstić information content (AvgIpc) is 3.12. The highest BCUT2D eigenvalue weighted by molar-refractivity contribution is 8.27. The lowest BCUT2D eigenvalue weighted by atomic mass is 10.0. The number of carbonyl (C=O) groups is 2. The number of amides is 1. The molecule has 4 rings (SSSR count). The monoisotopic (exact) mass is 324 g/mol. The Morgan fingerprint density at radius 1 is 1.26 bits per heavy atom. The summed E-state index contributed by atoms with van der Waals surface area (Å²) in [4.78, 5) is 23.1. The lowest BCUT2D eigenvalue weighted by Gasteiger charge is -2.19. The number of hydrogen-bond donors (Lipinski definition) is 1. The molecule has 1 aliphatic heterocycles. The molecule has 1 saturated heterocycles. The van der Waals surface area contributed by atoms with Crippen molar-refractivity contribution >= 4 is 39.1 Å². The molecule has 2 aliphatic rings. The smallest absolute Gasteiger partial charge is 0.291 e. The SMILES string of the molecule is O=C1NC(=Cc2cccc3c2ccn3C2C=CCCC2)C(=O)S1. The Morgan fingerprint density at radius 2 is 2.17 bits per heavy atom. The Bertz CT molecular complexity index is 863. The minimum atomic E-state index is -0.307. The first-order valence-corrected chi connectivity index (χ1v) is 8.55. The third-order valence-corrected chi connectivity index (χ3v) is 5.02. The number of benzene rings is 1. The summed E-state index contributed by atoms with van der Waals surface area (Å²) in [6.07, 6.45) is 11.9. The molecule has 1 atom stereocenters. The third-order valence-electron chi connectivity index (χ3n) is 4.32. The summed E-state index contributed by atoms with van der Waals surface area (Å²) in [6, 6.07) is 8.54. The van der Waals surface area contributed by atoms with E-state index in [1.807, 2.05) is 12.1 Å². The lowest BCUT2D eigenvalue weighted by molar-refractivity contribution is -0.107. The van der Waals surface area contributed by atoms with E-state index in [4.69, 9.17) is 0 Å². The van der Waals surface area contributed by atoms with Gasteiger partial charge < -0.3 is 9.88 Å². The van der Waals surface area contributed by atoms with Crippen molar-refractivity contribution in [1.29, 1.82) is 0 Å². The van der Waals surface area contributed by atoms with Crippen LogP contribution in [0.25, 0.3) is 17.0 Å². The maximum atomic E-state index is 11.8. The molecular formula is C18H16N2O2S. The fraction of sp³-hybridized carbons (Fsp3) is 0.222. The Morgan fingerprint density at radius 3 is 2.91 bits per heavy atom. The van der Waals surface area contributed by atoms with Gasteiger partial charge in [-0.1, -0.05) is 24.3 Å². The van der Waals surface area contributed by atoms with Crippen LogP contribution in [0.2, 0.25) is 0 Å². The van der Waals surface area contributed by atoms with Gasteiger partial charge in [-0.25, -0.2) is 0 Å². The number of allylic oxidation sites excluding steroid dienone is 2. The molecule has 1 unspecified atom stereocenters. The Hall–Kier alpha value is -2.27. The molecule has 1 fully saturated rings. The highest BCUT2D eigenvalue weighted by Crippen LogP contribution is 2.30. The summed E-state index contributed by atoms with van der Waals surface area (Å²) in [7, 11) is 0. The van der Waals surface area contributed by atoms with E-state index in [2.05, 4.69) is 40.4 Å². The first-order chi connectivity index (χ1) is 11.2. The Labute approximate surface area is 138 Å². The molecule has 5 heteroatoms.